The van der Waals surface area contributed by atoms with E-state index in [0.717, 1.165) is 41.2 Å². The normalized spacial score (nSPS) is 19.4. The summed E-state index contributed by atoms with van der Waals surface area (Å²) in [6, 6.07) is 5.20. The first kappa shape index (κ1) is 21.2. The Morgan fingerprint density at radius 2 is 2.16 bits per heavy atom. The van der Waals surface area contributed by atoms with Gasteiger partial charge in [-0.3, -0.25) is 9.59 Å². The third-order valence-corrected chi connectivity index (χ3v) is 7.67. The number of fused-ring (bicyclic) bond motifs is 1. The molecular weight excluding hydrogens is 424 g/mol. The summed E-state index contributed by atoms with van der Waals surface area (Å²) in [5, 5.41) is 2.69. The largest absolute Gasteiger partial charge is 0.496 e. The van der Waals surface area contributed by atoms with Gasteiger partial charge in [0.25, 0.3) is 5.91 Å². The molecule has 0 saturated heterocycles. The Balaban J connectivity index is 1.38. The fraction of sp³-hybridized carbons (Fsp3) is 0.480. The van der Waals surface area contributed by atoms with Crippen LogP contribution in [0, 0.1) is 5.92 Å². The summed E-state index contributed by atoms with van der Waals surface area (Å²) >= 11 is 1.49. The van der Waals surface area contributed by atoms with E-state index < -0.39 is 6.04 Å². The molecule has 32 heavy (non-hydrogen) atoms. The van der Waals surface area contributed by atoms with E-state index >= 15 is 0 Å². The van der Waals surface area contributed by atoms with Gasteiger partial charge in [0.15, 0.2) is 11.5 Å². The second-order valence-corrected chi connectivity index (χ2v) is 9.89. The van der Waals surface area contributed by atoms with Crippen molar-refractivity contribution in [2.45, 2.75) is 57.4 Å². The van der Waals surface area contributed by atoms with Crippen LogP contribution in [0.2, 0.25) is 0 Å². The van der Waals surface area contributed by atoms with Gasteiger partial charge >= 0.3 is 0 Å². The van der Waals surface area contributed by atoms with E-state index in [4.69, 9.17) is 9.47 Å². The van der Waals surface area contributed by atoms with Crippen LogP contribution in [0.3, 0.4) is 0 Å². The molecule has 1 aromatic carbocycles. The fourth-order valence-electron chi connectivity index (χ4n) is 5.24. The Bertz CT molecular complexity index is 1040. The van der Waals surface area contributed by atoms with Crippen molar-refractivity contribution in [3.8, 4) is 11.5 Å². The number of nitrogens with zero attached hydrogens (tertiary/aromatic N) is 2. The molecule has 3 aliphatic rings. The van der Waals surface area contributed by atoms with Crippen molar-refractivity contribution < 1.29 is 19.1 Å². The standard InChI is InChI=1S/C25H28N2O4S/c1-30-21-8-5-9-22-18(21)13-17-15-27(25(29)24(17)31-22)19(12-16-6-3-2-4-7-16)20(28)14-23-26-10-11-32-23/h5,8-11,16,19H,2-4,6-7,12-15H2,1H3/t19-/m0/s1. The lowest BCUT2D eigenvalue weighted by atomic mass is 9.83. The van der Waals surface area contributed by atoms with Crippen molar-refractivity contribution in [2.75, 3.05) is 13.7 Å². The van der Waals surface area contributed by atoms with E-state index in [-0.39, 0.29) is 18.1 Å². The molecule has 0 unspecified atom stereocenters. The predicted molar refractivity (Wildman–Crippen MR) is 122 cm³/mol. The molecule has 7 heteroatoms. The maximum Gasteiger partial charge on any atom is 0.290 e. The highest BCUT2D eigenvalue weighted by atomic mass is 32.1. The lowest BCUT2D eigenvalue weighted by Crippen LogP contribution is -2.45. The van der Waals surface area contributed by atoms with Crippen LogP contribution >= 0.6 is 11.3 Å². The number of Topliss-reactive ketones (excluding diaryl/α,β-unsaturated/α-hetero) is 1. The Labute approximate surface area is 192 Å². The highest BCUT2D eigenvalue weighted by Crippen LogP contribution is 2.40. The molecule has 5 rings (SSSR count). The maximum absolute atomic E-state index is 13.4. The topological polar surface area (TPSA) is 68.7 Å². The molecule has 1 amide bonds. The van der Waals surface area contributed by atoms with E-state index in [2.05, 4.69) is 4.98 Å². The molecule has 3 heterocycles. The number of rotatable bonds is 7. The van der Waals surface area contributed by atoms with Gasteiger partial charge in [-0.15, -0.1) is 11.3 Å². The van der Waals surface area contributed by atoms with E-state index in [9.17, 15) is 9.59 Å². The quantitative estimate of drug-likeness (QED) is 0.625. The molecule has 1 saturated carbocycles. The summed E-state index contributed by atoms with van der Waals surface area (Å²) in [5.41, 5.74) is 1.89. The third-order valence-electron chi connectivity index (χ3n) is 6.89. The van der Waals surface area contributed by atoms with Crippen LogP contribution in [0.4, 0.5) is 0 Å². The van der Waals surface area contributed by atoms with Gasteiger partial charge in [-0.1, -0.05) is 38.2 Å². The van der Waals surface area contributed by atoms with Crippen molar-refractivity contribution in [1.82, 2.24) is 9.88 Å². The Kier molecular flexibility index (Phi) is 6.00. The van der Waals surface area contributed by atoms with Crippen molar-refractivity contribution in [2.24, 2.45) is 5.92 Å². The maximum atomic E-state index is 13.4. The average Bonchev–Trinajstić information content (AvgIpc) is 3.44. The number of ether oxygens (including phenoxy) is 2. The molecule has 1 atom stereocenters. The SMILES string of the molecule is COc1cccc2c1CC1=C(O2)C(=O)N([C@@H](CC2CCCCC2)C(=O)Cc2nccs2)C1. The number of hydrogen-bond acceptors (Lipinski definition) is 6. The minimum absolute atomic E-state index is 0.0776. The molecule has 0 spiro atoms. The highest BCUT2D eigenvalue weighted by Gasteiger charge is 2.42. The molecule has 2 aromatic rings. The van der Waals surface area contributed by atoms with Gasteiger partial charge in [0.2, 0.25) is 0 Å². The van der Waals surface area contributed by atoms with E-state index in [1.807, 2.05) is 23.6 Å². The van der Waals surface area contributed by atoms with Gasteiger partial charge in [-0.2, -0.15) is 0 Å². The number of carbonyl (C=O) groups is 2. The molecule has 0 N–H and O–H groups in total. The summed E-state index contributed by atoms with van der Waals surface area (Å²) in [4.78, 5) is 32.9. The predicted octanol–water partition coefficient (Wildman–Crippen LogP) is 4.33. The van der Waals surface area contributed by atoms with Crippen LogP contribution in [-0.2, 0) is 22.4 Å². The Hall–Kier alpha value is -2.67. The van der Waals surface area contributed by atoms with Gasteiger partial charge in [0.05, 0.1) is 24.6 Å². The molecule has 1 aliphatic carbocycles. The smallest absolute Gasteiger partial charge is 0.290 e. The lowest BCUT2D eigenvalue weighted by molar-refractivity contribution is -0.136. The molecule has 6 nitrogen and oxygen atoms in total. The van der Waals surface area contributed by atoms with E-state index in [0.29, 0.717) is 30.4 Å². The Morgan fingerprint density at radius 3 is 2.91 bits per heavy atom. The van der Waals surface area contributed by atoms with E-state index in [1.54, 1.807) is 18.2 Å². The molecular formula is C25H28N2O4S. The summed E-state index contributed by atoms with van der Waals surface area (Å²) in [6.45, 7) is 0.437. The molecule has 1 aromatic heterocycles. The van der Waals surface area contributed by atoms with E-state index in [1.165, 1.54) is 30.6 Å². The highest BCUT2D eigenvalue weighted by molar-refractivity contribution is 7.09. The third kappa shape index (κ3) is 4.06. The first-order chi connectivity index (χ1) is 15.6. The fourth-order valence-corrected chi connectivity index (χ4v) is 5.87. The van der Waals surface area contributed by atoms with Gasteiger partial charge in [-0.25, -0.2) is 4.98 Å². The zero-order chi connectivity index (χ0) is 22.1. The first-order valence-corrected chi connectivity index (χ1v) is 12.3. The average molecular weight is 453 g/mol. The second-order valence-electron chi connectivity index (χ2n) is 8.91. The number of aromatic nitrogens is 1. The molecule has 1 fully saturated rings. The summed E-state index contributed by atoms with van der Waals surface area (Å²) in [7, 11) is 1.64. The summed E-state index contributed by atoms with van der Waals surface area (Å²) in [6.07, 6.45) is 9.28. The number of amides is 1. The first-order valence-electron chi connectivity index (χ1n) is 11.4. The van der Waals surface area contributed by atoms with Crippen molar-refractivity contribution in [3.05, 3.63) is 51.7 Å². The number of methoxy groups -OCH3 is 1. The minimum atomic E-state index is -0.436. The zero-order valence-electron chi connectivity index (χ0n) is 18.3. The van der Waals surface area contributed by atoms with Crippen molar-refractivity contribution in [1.29, 1.82) is 0 Å². The van der Waals surface area contributed by atoms with Gasteiger partial charge in [0, 0.05) is 35.7 Å². The van der Waals surface area contributed by atoms with Crippen LogP contribution in [0.1, 0.15) is 49.1 Å². The molecule has 0 bridgehead atoms. The summed E-state index contributed by atoms with van der Waals surface area (Å²) in [5.74, 6) is 2.21. The molecule has 0 radical (unpaired) electrons. The Morgan fingerprint density at radius 1 is 1.31 bits per heavy atom. The number of hydrogen-bond donors (Lipinski definition) is 0. The van der Waals surface area contributed by atoms with Crippen LogP contribution in [0.5, 0.6) is 11.5 Å². The zero-order valence-corrected chi connectivity index (χ0v) is 19.2. The van der Waals surface area contributed by atoms with Gasteiger partial charge in [0.1, 0.15) is 11.5 Å². The minimum Gasteiger partial charge on any atom is -0.496 e. The lowest BCUT2D eigenvalue weighted by Gasteiger charge is -2.31. The number of thiazole rings is 1. The second kappa shape index (κ2) is 9.06. The van der Waals surface area contributed by atoms with Crippen LogP contribution in [0.15, 0.2) is 41.1 Å². The van der Waals surface area contributed by atoms with Gasteiger partial charge in [-0.05, 0) is 24.5 Å². The number of benzene rings is 1. The molecule has 2 aliphatic heterocycles. The molecule has 168 valence electrons. The number of carbonyl (C=O) groups excluding carboxylic acids is 2. The van der Waals surface area contributed by atoms with Gasteiger partial charge < -0.3 is 14.4 Å². The van der Waals surface area contributed by atoms with Crippen molar-refractivity contribution >= 4 is 23.0 Å². The van der Waals surface area contributed by atoms with Crippen LogP contribution in [0.25, 0.3) is 0 Å². The summed E-state index contributed by atoms with van der Waals surface area (Å²) < 4.78 is 11.6. The van der Waals surface area contributed by atoms with Crippen LogP contribution < -0.4 is 9.47 Å². The number of ketones is 1. The monoisotopic (exact) mass is 452 g/mol. The van der Waals surface area contributed by atoms with Crippen molar-refractivity contribution in [3.63, 3.8) is 0 Å². The van der Waals surface area contributed by atoms with Crippen LogP contribution in [-0.4, -0.2) is 41.3 Å².